The highest BCUT2D eigenvalue weighted by molar-refractivity contribution is 8.15. The van der Waals surface area contributed by atoms with Crippen LogP contribution in [0.5, 0.6) is 0 Å². The first kappa shape index (κ1) is 18.9. The van der Waals surface area contributed by atoms with Gasteiger partial charge in [0.1, 0.15) is 10.9 Å². The van der Waals surface area contributed by atoms with Crippen LogP contribution in [-0.2, 0) is 9.59 Å². The molecule has 0 unspecified atom stereocenters. The Labute approximate surface area is 149 Å². The Bertz CT molecular complexity index is 735. The van der Waals surface area contributed by atoms with E-state index in [1.54, 1.807) is 13.0 Å². The molecular weight excluding hydrogens is 344 g/mol. The molecule has 2 atom stereocenters. The predicted molar refractivity (Wildman–Crippen MR) is 97.8 cm³/mol. The fourth-order valence-electron chi connectivity index (χ4n) is 2.16. The lowest BCUT2D eigenvalue weighted by Crippen LogP contribution is -2.28. The zero-order chi connectivity index (χ0) is 18.6. The number of amidine groups is 1. The fraction of sp³-hybridized carbons (Fsp3) is 0.438. The molecule has 134 valence electrons. The molecule has 9 heteroatoms. The van der Waals surface area contributed by atoms with E-state index in [-0.39, 0.29) is 29.7 Å². The average molecular weight is 364 g/mol. The number of nitrogens with zero attached hydrogens (tertiary/aromatic N) is 2. The van der Waals surface area contributed by atoms with Gasteiger partial charge in [0.2, 0.25) is 11.8 Å². The SMILES string of the molecule is CC[C@@H](C)N=C1NC(=O)[C@H](CC(=O)Nc2ccc(C)cc2[N+](=O)[O-])S1. The van der Waals surface area contributed by atoms with Crippen molar-refractivity contribution in [2.45, 2.75) is 44.9 Å². The number of rotatable bonds is 6. The van der Waals surface area contributed by atoms with Crippen LogP contribution in [0.4, 0.5) is 11.4 Å². The maximum absolute atomic E-state index is 12.2. The molecule has 2 amide bonds. The van der Waals surface area contributed by atoms with Gasteiger partial charge < -0.3 is 10.6 Å². The van der Waals surface area contributed by atoms with E-state index < -0.39 is 16.1 Å². The predicted octanol–water partition coefficient (Wildman–Crippen LogP) is 2.62. The summed E-state index contributed by atoms with van der Waals surface area (Å²) in [5, 5.41) is 16.2. The van der Waals surface area contributed by atoms with Crippen LogP contribution in [0.2, 0.25) is 0 Å². The van der Waals surface area contributed by atoms with Crippen LogP contribution in [0, 0.1) is 17.0 Å². The molecule has 0 bridgehead atoms. The summed E-state index contributed by atoms with van der Waals surface area (Å²) in [5.41, 5.74) is 0.676. The number of carbonyl (C=O) groups excluding carboxylic acids is 2. The van der Waals surface area contributed by atoms with Gasteiger partial charge in [-0.1, -0.05) is 24.8 Å². The molecule has 1 fully saturated rings. The van der Waals surface area contributed by atoms with Gasteiger partial charge in [-0.15, -0.1) is 0 Å². The van der Waals surface area contributed by atoms with Gasteiger partial charge in [-0.05, 0) is 31.9 Å². The molecule has 0 aliphatic carbocycles. The number of hydrogen-bond donors (Lipinski definition) is 2. The van der Waals surface area contributed by atoms with Gasteiger partial charge in [-0.25, -0.2) is 0 Å². The molecule has 8 nitrogen and oxygen atoms in total. The summed E-state index contributed by atoms with van der Waals surface area (Å²) >= 11 is 1.21. The number of hydrogen-bond acceptors (Lipinski definition) is 6. The Hall–Kier alpha value is -2.42. The fourth-order valence-corrected chi connectivity index (χ4v) is 3.23. The molecule has 1 aliphatic heterocycles. The summed E-state index contributed by atoms with van der Waals surface area (Å²) < 4.78 is 0. The van der Waals surface area contributed by atoms with Crippen molar-refractivity contribution in [1.29, 1.82) is 0 Å². The van der Waals surface area contributed by atoms with Gasteiger partial charge in [-0.3, -0.25) is 24.7 Å². The lowest BCUT2D eigenvalue weighted by molar-refractivity contribution is -0.384. The highest BCUT2D eigenvalue weighted by atomic mass is 32.2. The quantitative estimate of drug-likeness (QED) is 0.595. The van der Waals surface area contributed by atoms with Crippen LogP contribution < -0.4 is 10.6 Å². The minimum absolute atomic E-state index is 0.0823. The average Bonchev–Trinajstić information content (AvgIpc) is 2.87. The lowest BCUT2D eigenvalue weighted by atomic mass is 10.2. The molecule has 0 spiro atoms. The van der Waals surface area contributed by atoms with E-state index in [2.05, 4.69) is 15.6 Å². The second kappa shape index (κ2) is 8.11. The Morgan fingerprint density at radius 1 is 1.52 bits per heavy atom. The number of nitro benzene ring substituents is 1. The van der Waals surface area contributed by atoms with E-state index in [0.717, 1.165) is 12.0 Å². The molecule has 1 saturated heterocycles. The molecule has 0 aromatic heterocycles. The molecular formula is C16H20N4O4S. The molecule has 1 heterocycles. The van der Waals surface area contributed by atoms with Gasteiger partial charge in [0.25, 0.3) is 5.69 Å². The maximum Gasteiger partial charge on any atom is 0.293 e. The van der Waals surface area contributed by atoms with Crippen molar-refractivity contribution in [3.8, 4) is 0 Å². The van der Waals surface area contributed by atoms with Crippen LogP contribution in [-0.4, -0.2) is 33.2 Å². The summed E-state index contributed by atoms with van der Waals surface area (Å²) in [6.07, 6.45) is 0.767. The topological polar surface area (TPSA) is 114 Å². The van der Waals surface area contributed by atoms with Crippen molar-refractivity contribution in [3.05, 3.63) is 33.9 Å². The van der Waals surface area contributed by atoms with Crippen molar-refractivity contribution in [3.63, 3.8) is 0 Å². The second-order valence-corrected chi connectivity index (χ2v) is 7.01. The molecule has 1 aromatic carbocycles. The number of amides is 2. The highest BCUT2D eigenvalue weighted by Gasteiger charge is 2.32. The van der Waals surface area contributed by atoms with Gasteiger partial charge >= 0.3 is 0 Å². The van der Waals surface area contributed by atoms with E-state index in [1.807, 2.05) is 13.8 Å². The summed E-state index contributed by atoms with van der Waals surface area (Å²) in [7, 11) is 0. The first-order valence-corrected chi connectivity index (χ1v) is 8.78. The monoisotopic (exact) mass is 364 g/mol. The summed E-state index contributed by atoms with van der Waals surface area (Å²) in [6.45, 7) is 5.67. The van der Waals surface area contributed by atoms with Crippen molar-refractivity contribution in [2.24, 2.45) is 4.99 Å². The van der Waals surface area contributed by atoms with Gasteiger partial charge in [-0.2, -0.15) is 0 Å². The van der Waals surface area contributed by atoms with E-state index in [1.165, 1.54) is 23.9 Å². The zero-order valence-electron chi connectivity index (χ0n) is 14.2. The van der Waals surface area contributed by atoms with Crippen molar-refractivity contribution < 1.29 is 14.5 Å². The van der Waals surface area contributed by atoms with Gasteiger partial charge in [0, 0.05) is 18.5 Å². The molecule has 2 N–H and O–H groups in total. The number of thioether (sulfide) groups is 1. The third-order valence-electron chi connectivity index (χ3n) is 3.70. The standard InChI is InChI=1S/C16H20N4O4S/c1-4-10(3)17-16-19-15(22)13(25-16)8-14(21)18-11-6-5-9(2)7-12(11)20(23)24/h5-7,10,13H,4,8H2,1-3H3,(H,18,21)(H,17,19,22)/t10-,13+/m1/s1. The molecule has 25 heavy (non-hydrogen) atoms. The van der Waals surface area contributed by atoms with Crippen molar-refractivity contribution >= 4 is 40.1 Å². The van der Waals surface area contributed by atoms with Crippen LogP contribution in [0.1, 0.15) is 32.3 Å². The largest absolute Gasteiger partial charge is 0.320 e. The van der Waals surface area contributed by atoms with Crippen LogP contribution in [0.15, 0.2) is 23.2 Å². The number of aliphatic imine (C=N–C) groups is 1. The summed E-state index contributed by atoms with van der Waals surface area (Å²) in [6, 6.07) is 4.65. The normalized spacial score (nSPS) is 19.6. The number of anilines is 1. The first-order chi connectivity index (χ1) is 11.8. The van der Waals surface area contributed by atoms with Crippen LogP contribution in [0.3, 0.4) is 0 Å². The Morgan fingerprint density at radius 3 is 2.88 bits per heavy atom. The summed E-state index contributed by atoms with van der Waals surface area (Å²) in [5.74, 6) is -0.731. The number of benzene rings is 1. The van der Waals surface area contributed by atoms with Crippen molar-refractivity contribution in [2.75, 3.05) is 5.32 Å². The van der Waals surface area contributed by atoms with E-state index in [0.29, 0.717) is 5.17 Å². The molecule has 0 saturated carbocycles. The molecule has 0 radical (unpaired) electrons. The number of nitro groups is 1. The van der Waals surface area contributed by atoms with E-state index >= 15 is 0 Å². The minimum Gasteiger partial charge on any atom is -0.320 e. The van der Waals surface area contributed by atoms with Crippen LogP contribution >= 0.6 is 11.8 Å². The Balaban J connectivity index is 2.03. The van der Waals surface area contributed by atoms with Crippen molar-refractivity contribution in [1.82, 2.24) is 5.32 Å². The van der Waals surface area contributed by atoms with E-state index in [4.69, 9.17) is 0 Å². The third kappa shape index (κ3) is 5.02. The molecule has 2 rings (SSSR count). The maximum atomic E-state index is 12.2. The van der Waals surface area contributed by atoms with Crippen LogP contribution in [0.25, 0.3) is 0 Å². The second-order valence-electron chi connectivity index (χ2n) is 5.82. The van der Waals surface area contributed by atoms with Gasteiger partial charge in [0.05, 0.1) is 4.92 Å². The molecule has 1 aromatic rings. The molecule has 1 aliphatic rings. The smallest absolute Gasteiger partial charge is 0.293 e. The first-order valence-electron chi connectivity index (χ1n) is 7.90. The number of carbonyl (C=O) groups is 2. The lowest BCUT2D eigenvalue weighted by Gasteiger charge is -2.08. The third-order valence-corrected chi connectivity index (χ3v) is 4.80. The highest BCUT2D eigenvalue weighted by Crippen LogP contribution is 2.27. The van der Waals surface area contributed by atoms with Gasteiger partial charge in [0.15, 0.2) is 5.17 Å². The van der Waals surface area contributed by atoms with E-state index in [9.17, 15) is 19.7 Å². The number of nitrogens with one attached hydrogen (secondary N) is 2. The zero-order valence-corrected chi connectivity index (χ0v) is 15.1. The number of aryl methyl sites for hydroxylation is 1. The minimum atomic E-state index is -0.590. The summed E-state index contributed by atoms with van der Waals surface area (Å²) in [4.78, 5) is 39.1. The Kier molecular flexibility index (Phi) is 6.13. The Morgan fingerprint density at radius 2 is 2.24 bits per heavy atom.